The van der Waals surface area contributed by atoms with Gasteiger partial charge in [-0.05, 0) is 6.07 Å². The highest BCUT2D eigenvalue weighted by molar-refractivity contribution is 5.91. The summed E-state index contributed by atoms with van der Waals surface area (Å²) in [7, 11) is 3.16. The molecular weight excluding hydrogens is 260 g/mol. The molecule has 1 amide bonds. The van der Waals surface area contributed by atoms with Gasteiger partial charge in [0, 0.05) is 5.56 Å². The molecule has 104 valence electrons. The van der Waals surface area contributed by atoms with Gasteiger partial charge in [-0.2, -0.15) is 10.1 Å². The van der Waals surface area contributed by atoms with Gasteiger partial charge in [-0.3, -0.25) is 10.1 Å². The number of hydrogen-bond donors (Lipinski definition) is 1. The normalized spacial score (nSPS) is 17.3. The highest BCUT2D eigenvalue weighted by Crippen LogP contribution is 2.39. The molecular formula is C13H14N4O3. The second-order valence-electron chi connectivity index (χ2n) is 4.38. The molecule has 0 saturated carbocycles. The molecule has 1 atom stereocenters. The number of fused-ring (bicyclic) bond motifs is 1. The van der Waals surface area contributed by atoms with Crippen LogP contribution in [-0.4, -0.2) is 34.9 Å². The number of aromatic nitrogens is 3. The zero-order chi connectivity index (χ0) is 14.1. The van der Waals surface area contributed by atoms with Crippen molar-refractivity contribution >= 4 is 11.9 Å². The van der Waals surface area contributed by atoms with E-state index >= 15 is 0 Å². The number of anilines is 1. The first kappa shape index (κ1) is 12.5. The van der Waals surface area contributed by atoms with Gasteiger partial charge in [0.2, 0.25) is 11.9 Å². The van der Waals surface area contributed by atoms with Gasteiger partial charge in [-0.1, -0.05) is 12.1 Å². The molecule has 0 spiro atoms. The van der Waals surface area contributed by atoms with Gasteiger partial charge in [-0.15, -0.1) is 0 Å². The van der Waals surface area contributed by atoms with Crippen LogP contribution in [0.25, 0.3) is 0 Å². The van der Waals surface area contributed by atoms with Crippen molar-refractivity contribution in [1.82, 2.24) is 14.8 Å². The molecule has 1 N–H and O–H groups in total. The third-order valence-corrected chi connectivity index (χ3v) is 3.29. The van der Waals surface area contributed by atoms with Crippen molar-refractivity contribution in [2.24, 2.45) is 0 Å². The summed E-state index contributed by atoms with van der Waals surface area (Å²) in [4.78, 5) is 15.8. The third kappa shape index (κ3) is 1.87. The quantitative estimate of drug-likeness (QED) is 0.910. The summed E-state index contributed by atoms with van der Waals surface area (Å²) >= 11 is 0. The Hall–Kier alpha value is -2.57. The van der Waals surface area contributed by atoms with Gasteiger partial charge < -0.3 is 9.47 Å². The fourth-order valence-corrected chi connectivity index (χ4v) is 2.42. The van der Waals surface area contributed by atoms with E-state index < -0.39 is 0 Å². The Morgan fingerprint density at radius 3 is 2.95 bits per heavy atom. The molecule has 1 aromatic carbocycles. The second-order valence-corrected chi connectivity index (χ2v) is 4.38. The predicted molar refractivity (Wildman–Crippen MR) is 71.0 cm³/mol. The van der Waals surface area contributed by atoms with Crippen molar-refractivity contribution in [2.75, 3.05) is 19.5 Å². The molecule has 0 unspecified atom stereocenters. The van der Waals surface area contributed by atoms with Crippen LogP contribution in [-0.2, 0) is 4.79 Å². The third-order valence-electron chi connectivity index (χ3n) is 3.29. The van der Waals surface area contributed by atoms with E-state index in [2.05, 4.69) is 15.4 Å². The number of carbonyl (C=O) groups is 1. The molecule has 7 nitrogen and oxygen atoms in total. The van der Waals surface area contributed by atoms with E-state index in [1.165, 1.54) is 6.33 Å². The maximum Gasteiger partial charge on any atom is 0.229 e. The van der Waals surface area contributed by atoms with Gasteiger partial charge in [0.15, 0.2) is 11.5 Å². The first-order chi connectivity index (χ1) is 9.74. The van der Waals surface area contributed by atoms with Gasteiger partial charge in [0.05, 0.1) is 26.7 Å². The molecule has 0 saturated heterocycles. The van der Waals surface area contributed by atoms with E-state index in [9.17, 15) is 4.79 Å². The van der Waals surface area contributed by atoms with Gasteiger partial charge >= 0.3 is 0 Å². The van der Waals surface area contributed by atoms with Gasteiger partial charge in [-0.25, -0.2) is 4.68 Å². The Bertz CT molecular complexity index is 653. The number of nitrogens with one attached hydrogen (secondary N) is 1. The van der Waals surface area contributed by atoms with Crippen LogP contribution in [0.4, 0.5) is 5.95 Å². The van der Waals surface area contributed by atoms with E-state index in [1.54, 1.807) is 18.9 Å². The second kappa shape index (κ2) is 4.84. The molecule has 1 aromatic heterocycles. The Kier molecular flexibility index (Phi) is 3.02. The molecule has 7 heteroatoms. The number of para-hydroxylation sites is 1. The number of hydrogen-bond acceptors (Lipinski definition) is 5. The van der Waals surface area contributed by atoms with Crippen molar-refractivity contribution in [3.05, 3.63) is 30.1 Å². The molecule has 0 fully saturated rings. The van der Waals surface area contributed by atoms with Crippen LogP contribution < -0.4 is 14.8 Å². The van der Waals surface area contributed by atoms with Gasteiger partial charge in [0.25, 0.3) is 0 Å². The molecule has 20 heavy (non-hydrogen) atoms. The minimum Gasteiger partial charge on any atom is -0.493 e. The summed E-state index contributed by atoms with van der Waals surface area (Å²) in [5, 5.41) is 6.86. The first-order valence-electron chi connectivity index (χ1n) is 6.15. The van der Waals surface area contributed by atoms with Gasteiger partial charge in [0.1, 0.15) is 6.33 Å². The van der Waals surface area contributed by atoms with Crippen LogP contribution in [0.2, 0.25) is 0 Å². The van der Waals surface area contributed by atoms with Crippen molar-refractivity contribution in [3.8, 4) is 11.5 Å². The number of carbonyl (C=O) groups excluding carboxylic acids is 1. The number of benzene rings is 1. The Labute approximate surface area is 115 Å². The highest BCUT2D eigenvalue weighted by Gasteiger charge is 2.30. The maximum absolute atomic E-state index is 11.8. The van der Waals surface area contributed by atoms with E-state index in [1.807, 2.05) is 18.2 Å². The van der Waals surface area contributed by atoms with Crippen molar-refractivity contribution in [1.29, 1.82) is 0 Å². The number of rotatable bonds is 3. The summed E-state index contributed by atoms with van der Waals surface area (Å²) in [5.74, 6) is 1.57. The van der Waals surface area contributed by atoms with E-state index in [0.717, 1.165) is 5.56 Å². The molecule has 0 aliphatic carbocycles. The van der Waals surface area contributed by atoms with Crippen molar-refractivity contribution in [3.63, 3.8) is 0 Å². The van der Waals surface area contributed by atoms with E-state index in [-0.39, 0.29) is 18.4 Å². The summed E-state index contributed by atoms with van der Waals surface area (Å²) in [6.45, 7) is 0. The van der Waals surface area contributed by atoms with Crippen molar-refractivity contribution in [2.45, 2.75) is 12.5 Å². The van der Waals surface area contributed by atoms with Crippen molar-refractivity contribution < 1.29 is 14.3 Å². The zero-order valence-corrected chi connectivity index (χ0v) is 11.2. The minimum atomic E-state index is -0.258. The predicted octanol–water partition coefficient (Wildman–Crippen LogP) is 1.23. The average molecular weight is 274 g/mol. The molecule has 0 radical (unpaired) electrons. The lowest BCUT2D eigenvalue weighted by Gasteiger charge is -2.25. The van der Waals surface area contributed by atoms with E-state index in [4.69, 9.17) is 9.47 Å². The standard InChI is InChI=1S/C13H14N4O3/c1-19-10-5-3-4-8(12(10)20-2)9-6-11(18)16-13-14-7-15-17(9)13/h3-5,7,9H,6H2,1-2H3,(H,14,15,16,18)/t9-/m1/s1. The number of amides is 1. The lowest BCUT2D eigenvalue weighted by atomic mass is 10.0. The van der Waals surface area contributed by atoms with Crippen LogP contribution in [0.3, 0.4) is 0 Å². The maximum atomic E-state index is 11.8. The molecule has 0 bridgehead atoms. The zero-order valence-electron chi connectivity index (χ0n) is 11.2. The molecule has 3 rings (SSSR count). The minimum absolute atomic E-state index is 0.0969. The summed E-state index contributed by atoms with van der Waals surface area (Å²) in [5.41, 5.74) is 0.841. The van der Waals surface area contributed by atoms with E-state index in [0.29, 0.717) is 17.4 Å². The highest BCUT2D eigenvalue weighted by atomic mass is 16.5. The monoisotopic (exact) mass is 274 g/mol. The molecule has 1 aliphatic heterocycles. The Morgan fingerprint density at radius 1 is 1.35 bits per heavy atom. The topological polar surface area (TPSA) is 78.3 Å². The summed E-state index contributed by atoms with van der Waals surface area (Å²) < 4.78 is 12.4. The van der Waals surface area contributed by atoms with Crippen LogP contribution in [0, 0.1) is 0 Å². The number of methoxy groups -OCH3 is 2. The van der Waals surface area contributed by atoms with Crippen LogP contribution in [0.15, 0.2) is 24.5 Å². The Balaban J connectivity index is 2.13. The van der Waals surface area contributed by atoms with Crippen LogP contribution in [0.1, 0.15) is 18.0 Å². The summed E-state index contributed by atoms with van der Waals surface area (Å²) in [6.07, 6.45) is 1.69. The molecule has 2 aromatic rings. The first-order valence-corrected chi connectivity index (χ1v) is 6.15. The number of ether oxygens (including phenoxy) is 2. The fraction of sp³-hybridized carbons (Fsp3) is 0.308. The largest absolute Gasteiger partial charge is 0.493 e. The molecule has 1 aliphatic rings. The van der Waals surface area contributed by atoms with Crippen LogP contribution >= 0.6 is 0 Å². The Morgan fingerprint density at radius 2 is 2.20 bits per heavy atom. The molecule has 2 heterocycles. The average Bonchev–Trinajstić information content (AvgIpc) is 2.93. The lowest BCUT2D eigenvalue weighted by Crippen LogP contribution is -2.29. The number of nitrogens with zero attached hydrogens (tertiary/aromatic N) is 3. The lowest BCUT2D eigenvalue weighted by molar-refractivity contribution is -0.117. The summed E-state index contributed by atoms with van der Waals surface area (Å²) in [6, 6.07) is 5.31. The smallest absolute Gasteiger partial charge is 0.229 e. The van der Waals surface area contributed by atoms with Crippen LogP contribution in [0.5, 0.6) is 11.5 Å². The SMILES string of the molecule is COc1cccc([C@H]2CC(=O)Nc3ncnn32)c1OC. The fourth-order valence-electron chi connectivity index (χ4n) is 2.42.